The van der Waals surface area contributed by atoms with E-state index in [1.54, 1.807) is 0 Å². The lowest BCUT2D eigenvalue weighted by molar-refractivity contribution is 0.614. The van der Waals surface area contributed by atoms with E-state index in [0.717, 1.165) is 28.5 Å². The summed E-state index contributed by atoms with van der Waals surface area (Å²) in [6, 6.07) is 8.10. The number of anilines is 1. The average molecular weight is 254 g/mol. The number of benzene rings is 1. The van der Waals surface area contributed by atoms with Gasteiger partial charge in [0.2, 0.25) is 0 Å². The van der Waals surface area contributed by atoms with Gasteiger partial charge in [0, 0.05) is 11.9 Å². The molecule has 0 aliphatic carbocycles. The molecule has 2 heterocycles. The third-order valence-electron chi connectivity index (χ3n) is 3.48. The summed E-state index contributed by atoms with van der Waals surface area (Å²) >= 11 is 0. The molecule has 0 saturated heterocycles. The summed E-state index contributed by atoms with van der Waals surface area (Å²) in [5.74, 6) is 0.517. The van der Waals surface area contributed by atoms with Crippen LogP contribution in [0.25, 0.3) is 21.9 Å². The average Bonchev–Trinajstić information content (AvgIpc) is 2.84. The van der Waals surface area contributed by atoms with Crippen molar-refractivity contribution in [2.24, 2.45) is 0 Å². The molecule has 3 rings (SSSR count). The summed E-state index contributed by atoms with van der Waals surface area (Å²) < 4.78 is 2.20. The van der Waals surface area contributed by atoms with Crippen LogP contribution >= 0.6 is 0 Å². The van der Waals surface area contributed by atoms with Crippen molar-refractivity contribution in [3.05, 3.63) is 30.6 Å². The first-order valence-electron chi connectivity index (χ1n) is 6.80. The molecule has 19 heavy (non-hydrogen) atoms. The van der Waals surface area contributed by atoms with Gasteiger partial charge in [0.15, 0.2) is 5.82 Å². The number of nitrogens with two attached hydrogens (primary N) is 1. The summed E-state index contributed by atoms with van der Waals surface area (Å²) in [7, 11) is 0. The van der Waals surface area contributed by atoms with E-state index in [2.05, 4.69) is 27.5 Å². The van der Waals surface area contributed by atoms with Gasteiger partial charge in [0.25, 0.3) is 0 Å². The van der Waals surface area contributed by atoms with Crippen molar-refractivity contribution in [1.29, 1.82) is 0 Å². The predicted molar refractivity (Wildman–Crippen MR) is 79.0 cm³/mol. The maximum absolute atomic E-state index is 6.00. The summed E-state index contributed by atoms with van der Waals surface area (Å²) in [5.41, 5.74) is 8.86. The smallest absolute Gasteiger partial charge is 0.152 e. The molecule has 0 fully saturated rings. The molecule has 4 heteroatoms. The first kappa shape index (κ1) is 12.0. The lowest BCUT2D eigenvalue weighted by Gasteiger charge is -2.07. The van der Waals surface area contributed by atoms with E-state index in [1.807, 2.05) is 24.5 Å². The lowest BCUT2D eigenvalue weighted by Crippen LogP contribution is -1.98. The fourth-order valence-electron chi connectivity index (χ4n) is 2.51. The van der Waals surface area contributed by atoms with Gasteiger partial charge in [-0.3, -0.25) is 0 Å². The van der Waals surface area contributed by atoms with Gasteiger partial charge in [-0.1, -0.05) is 38.0 Å². The summed E-state index contributed by atoms with van der Waals surface area (Å²) in [5, 5.41) is 1.13. The van der Waals surface area contributed by atoms with Crippen LogP contribution in [0.4, 0.5) is 5.82 Å². The number of fused-ring (bicyclic) bond motifs is 3. The van der Waals surface area contributed by atoms with Crippen LogP contribution in [-0.4, -0.2) is 14.5 Å². The molecule has 3 aromatic rings. The third kappa shape index (κ3) is 2.03. The van der Waals surface area contributed by atoms with Gasteiger partial charge < -0.3 is 10.3 Å². The van der Waals surface area contributed by atoms with Crippen molar-refractivity contribution in [3.63, 3.8) is 0 Å². The molecule has 0 amide bonds. The minimum atomic E-state index is 0.517. The molecule has 98 valence electrons. The van der Waals surface area contributed by atoms with Gasteiger partial charge in [-0.15, -0.1) is 0 Å². The first-order valence-corrected chi connectivity index (χ1v) is 6.80. The van der Waals surface area contributed by atoms with Crippen molar-refractivity contribution in [3.8, 4) is 0 Å². The number of nitrogens with zero attached hydrogens (tertiary/aromatic N) is 3. The Bertz CT molecular complexity index is 715. The Balaban J connectivity index is 2.18. The second kappa shape index (κ2) is 4.88. The number of aromatic nitrogens is 3. The molecule has 0 unspecified atom stereocenters. The standard InChI is InChI=1S/C15H18N4/c1-2-3-6-9-19-10-17-13-14(19)11-7-4-5-8-12(11)18-15(13)16/h4-5,7-8,10H,2-3,6,9H2,1H3,(H2,16,18). The Hall–Kier alpha value is -2.10. The highest BCUT2D eigenvalue weighted by molar-refractivity contribution is 6.06. The molecular formula is C15H18N4. The van der Waals surface area contributed by atoms with E-state index >= 15 is 0 Å². The molecule has 0 saturated carbocycles. The summed E-state index contributed by atoms with van der Waals surface area (Å²) in [6.45, 7) is 3.20. The van der Waals surface area contributed by atoms with Crippen LogP contribution in [0, 0.1) is 0 Å². The molecule has 1 aromatic carbocycles. The van der Waals surface area contributed by atoms with E-state index in [4.69, 9.17) is 5.73 Å². The van der Waals surface area contributed by atoms with Crippen LogP contribution < -0.4 is 5.73 Å². The monoisotopic (exact) mass is 254 g/mol. The molecule has 0 aliphatic heterocycles. The van der Waals surface area contributed by atoms with Crippen molar-refractivity contribution in [2.75, 3.05) is 5.73 Å². The normalized spacial score (nSPS) is 11.4. The van der Waals surface area contributed by atoms with E-state index in [9.17, 15) is 0 Å². The van der Waals surface area contributed by atoms with Gasteiger partial charge in [-0.05, 0) is 12.5 Å². The van der Waals surface area contributed by atoms with E-state index in [0.29, 0.717) is 5.82 Å². The molecule has 0 spiro atoms. The number of pyridine rings is 1. The van der Waals surface area contributed by atoms with E-state index in [-0.39, 0.29) is 0 Å². The molecule has 0 atom stereocenters. The molecule has 0 radical (unpaired) electrons. The lowest BCUT2D eigenvalue weighted by atomic mass is 10.2. The van der Waals surface area contributed by atoms with Crippen LogP contribution in [0.15, 0.2) is 30.6 Å². The van der Waals surface area contributed by atoms with Gasteiger partial charge in [0.1, 0.15) is 5.52 Å². The number of para-hydroxylation sites is 1. The highest BCUT2D eigenvalue weighted by Crippen LogP contribution is 2.27. The zero-order valence-corrected chi connectivity index (χ0v) is 11.1. The number of aryl methyl sites for hydroxylation is 1. The number of rotatable bonds is 4. The SMILES string of the molecule is CCCCCn1cnc2c(N)nc3ccccc3c21. The van der Waals surface area contributed by atoms with Gasteiger partial charge >= 0.3 is 0 Å². The predicted octanol–water partition coefficient (Wildman–Crippen LogP) is 3.36. The second-order valence-corrected chi connectivity index (χ2v) is 4.86. The van der Waals surface area contributed by atoms with Gasteiger partial charge in [-0.2, -0.15) is 0 Å². The number of hydrogen-bond acceptors (Lipinski definition) is 3. The maximum Gasteiger partial charge on any atom is 0.152 e. The van der Waals surface area contributed by atoms with Crippen LogP contribution in [-0.2, 0) is 6.54 Å². The summed E-state index contributed by atoms with van der Waals surface area (Å²) in [4.78, 5) is 8.84. The molecule has 0 bridgehead atoms. The fraction of sp³-hybridized carbons (Fsp3) is 0.333. The summed E-state index contributed by atoms with van der Waals surface area (Å²) in [6.07, 6.45) is 5.50. The van der Waals surface area contributed by atoms with Crippen molar-refractivity contribution < 1.29 is 0 Å². The highest BCUT2D eigenvalue weighted by Gasteiger charge is 2.11. The van der Waals surface area contributed by atoms with Crippen molar-refractivity contribution in [1.82, 2.24) is 14.5 Å². The molecule has 2 N–H and O–H groups in total. The molecule has 4 nitrogen and oxygen atoms in total. The zero-order chi connectivity index (χ0) is 13.2. The number of hydrogen-bond donors (Lipinski definition) is 1. The topological polar surface area (TPSA) is 56.7 Å². The van der Waals surface area contributed by atoms with E-state index in [1.165, 1.54) is 19.3 Å². The van der Waals surface area contributed by atoms with Crippen LogP contribution in [0.2, 0.25) is 0 Å². The number of imidazole rings is 1. The van der Waals surface area contributed by atoms with Crippen LogP contribution in [0.1, 0.15) is 26.2 Å². The number of nitrogen functional groups attached to an aromatic ring is 1. The third-order valence-corrected chi connectivity index (χ3v) is 3.48. The largest absolute Gasteiger partial charge is 0.382 e. The van der Waals surface area contributed by atoms with Crippen molar-refractivity contribution in [2.45, 2.75) is 32.7 Å². The van der Waals surface area contributed by atoms with Gasteiger partial charge in [0.05, 0.1) is 17.4 Å². The minimum absolute atomic E-state index is 0.517. The van der Waals surface area contributed by atoms with Crippen LogP contribution in [0.5, 0.6) is 0 Å². The Labute approximate surface area is 112 Å². The molecule has 2 aromatic heterocycles. The van der Waals surface area contributed by atoms with E-state index < -0.39 is 0 Å². The minimum Gasteiger partial charge on any atom is -0.382 e. The van der Waals surface area contributed by atoms with Crippen LogP contribution in [0.3, 0.4) is 0 Å². The Morgan fingerprint density at radius 2 is 2.05 bits per heavy atom. The quantitative estimate of drug-likeness (QED) is 0.726. The Kier molecular flexibility index (Phi) is 3.07. The highest BCUT2D eigenvalue weighted by atomic mass is 15.1. The Morgan fingerprint density at radius 1 is 1.21 bits per heavy atom. The molecular weight excluding hydrogens is 236 g/mol. The maximum atomic E-state index is 6.00. The fourth-order valence-corrected chi connectivity index (χ4v) is 2.51. The Morgan fingerprint density at radius 3 is 2.89 bits per heavy atom. The van der Waals surface area contributed by atoms with Crippen molar-refractivity contribution >= 4 is 27.8 Å². The number of unbranched alkanes of at least 4 members (excludes halogenated alkanes) is 2. The zero-order valence-electron chi connectivity index (χ0n) is 11.1. The molecule has 0 aliphatic rings. The second-order valence-electron chi connectivity index (χ2n) is 4.86. The van der Waals surface area contributed by atoms with Gasteiger partial charge in [-0.25, -0.2) is 9.97 Å². The first-order chi connectivity index (χ1) is 9.31.